The monoisotopic (exact) mass is 381 g/mol. The van der Waals surface area contributed by atoms with E-state index >= 15 is 0 Å². The Morgan fingerprint density at radius 2 is 1.62 bits per heavy atom. The van der Waals surface area contributed by atoms with Crippen molar-refractivity contribution >= 4 is 5.78 Å². The second kappa shape index (κ2) is 8.74. The summed E-state index contributed by atoms with van der Waals surface area (Å²) in [6.45, 7) is 4.70. The number of benzene rings is 3. The molecule has 3 aromatic carbocycles. The van der Waals surface area contributed by atoms with Gasteiger partial charge in [-0.15, -0.1) is 5.73 Å². The highest BCUT2D eigenvalue weighted by Gasteiger charge is 2.53. The summed E-state index contributed by atoms with van der Waals surface area (Å²) < 4.78 is 5.92. The van der Waals surface area contributed by atoms with E-state index in [2.05, 4.69) is 29.3 Å². The van der Waals surface area contributed by atoms with Gasteiger partial charge in [0.25, 0.3) is 0 Å². The van der Waals surface area contributed by atoms with Crippen LogP contribution >= 0.6 is 0 Å². The van der Waals surface area contributed by atoms with Crippen molar-refractivity contribution in [3.05, 3.63) is 120 Å². The minimum Gasteiger partial charge on any atom is -0.489 e. The van der Waals surface area contributed by atoms with E-state index in [1.54, 1.807) is 6.08 Å². The van der Waals surface area contributed by atoms with Crippen LogP contribution in [0.25, 0.3) is 0 Å². The first-order chi connectivity index (χ1) is 14.3. The SMILES string of the molecule is C=C=CCOc1ccccc1[C@@H]1[C@@H](C(=O)c2ccccc2)N1Cc1ccccc1. The Balaban J connectivity index is 1.64. The molecule has 144 valence electrons. The molecule has 1 fully saturated rings. The summed E-state index contributed by atoms with van der Waals surface area (Å²) in [5.74, 6) is 0.942. The third kappa shape index (κ3) is 4.22. The molecule has 3 heteroatoms. The fraction of sp³-hybridized carbons (Fsp3) is 0.154. The molecule has 0 radical (unpaired) electrons. The summed E-state index contributed by atoms with van der Waals surface area (Å²) in [5, 5.41) is 0. The average Bonchev–Trinajstić information content (AvgIpc) is 3.48. The number of carbonyl (C=O) groups is 1. The van der Waals surface area contributed by atoms with Gasteiger partial charge in [0.05, 0.1) is 12.1 Å². The smallest absolute Gasteiger partial charge is 0.181 e. The second-order valence-electron chi connectivity index (χ2n) is 7.03. The fourth-order valence-electron chi connectivity index (χ4n) is 3.73. The largest absolute Gasteiger partial charge is 0.489 e. The number of para-hydroxylation sites is 1. The molecule has 0 bridgehead atoms. The topological polar surface area (TPSA) is 29.3 Å². The van der Waals surface area contributed by atoms with E-state index in [4.69, 9.17) is 4.74 Å². The molecular weight excluding hydrogens is 358 g/mol. The van der Waals surface area contributed by atoms with E-state index in [0.717, 1.165) is 23.4 Å². The molecule has 3 aromatic rings. The van der Waals surface area contributed by atoms with E-state index in [1.807, 2.05) is 72.8 Å². The molecule has 0 aromatic heterocycles. The van der Waals surface area contributed by atoms with E-state index in [0.29, 0.717) is 6.61 Å². The van der Waals surface area contributed by atoms with Crippen molar-refractivity contribution in [1.29, 1.82) is 0 Å². The average molecular weight is 381 g/mol. The van der Waals surface area contributed by atoms with Crippen molar-refractivity contribution < 1.29 is 9.53 Å². The third-order valence-corrected chi connectivity index (χ3v) is 5.16. The van der Waals surface area contributed by atoms with Crippen LogP contribution in [0.2, 0.25) is 0 Å². The van der Waals surface area contributed by atoms with Crippen LogP contribution in [-0.4, -0.2) is 23.3 Å². The zero-order chi connectivity index (χ0) is 20.1. The molecule has 4 rings (SSSR count). The van der Waals surface area contributed by atoms with Gasteiger partial charge < -0.3 is 4.74 Å². The normalized spacial score (nSPS) is 19.8. The van der Waals surface area contributed by atoms with Gasteiger partial charge >= 0.3 is 0 Å². The summed E-state index contributed by atoms with van der Waals surface area (Å²) in [6, 6.07) is 27.5. The standard InChI is InChI=1S/C26H23NO2/c1-2-3-18-29-23-17-11-10-16-22(23)24-25(26(28)21-14-8-5-9-15-21)27(24)19-20-12-6-4-7-13-20/h3-17,24-25H,1,18-19H2/t24-,25+,27?/m1/s1. The molecule has 1 aliphatic rings. The van der Waals surface area contributed by atoms with E-state index in [1.165, 1.54) is 5.56 Å². The highest BCUT2D eigenvalue weighted by molar-refractivity contribution is 6.02. The fourth-order valence-corrected chi connectivity index (χ4v) is 3.73. The van der Waals surface area contributed by atoms with Crippen molar-refractivity contribution in [3.63, 3.8) is 0 Å². The number of nitrogens with zero attached hydrogens (tertiary/aromatic N) is 1. The Morgan fingerprint density at radius 1 is 0.966 bits per heavy atom. The molecule has 29 heavy (non-hydrogen) atoms. The molecule has 0 amide bonds. The number of ether oxygens (including phenoxy) is 1. The molecule has 3 atom stereocenters. The van der Waals surface area contributed by atoms with E-state index in [9.17, 15) is 4.79 Å². The van der Waals surface area contributed by atoms with Gasteiger partial charge in [0.1, 0.15) is 12.4 Å². The van der Waals surface area contributed by atoms with E-state index < -0.39 is 0 Å². The third-order valence-electron chi connectivity index (χ3n) is 5.16. The lowest BCUT2D eigenvalue weighted by atomic mass is 10.0. The van der Waals surface area contributed by atoms with Crippen LogP contribution in [0.1, 0.15) is 27.5 Å². The van der Waals surface area contributed by atoms with Crippen LogP contribution < -0.4 is 4.74 Å². The summed E-state index contributed by atoms with van der Waals surface area (Å²) >= 11 is 0. The number of hydrogen-bond acceptors (Lipinski definition) is 3. The Bertz CT molecular complexity index is 1020. The number of Topliss-reactive ketones (excluding diaryl/α,β-unsaturated/α-hetero) is 1. The first-order valence-corrected chi connectivity index (χ1v) is 9.74. The van der Waals surface area contributed by atoms with Crippen LogP contribution in [0.4, 0.5) is 0 Å². The van der Waals surface area contributed by atoms with Gasteiger partial charge in [0.2, 0.25) is 0 Å². The molecule has 0 saturated carbocycles. The quantitative estimate of drug-likeness (QED) is 0.305. The van der Waals surface area contributed by atoms with Gasteiger partial charge in [-0.1, -0.05) is 85.4 Å². The molecule has 1 heterocycles. The Hall–Kier alpha value is -3.39. The van der Waals surface area contributed by atoms with Crippen LogP contribution in [0, 0.1) is 0 Å². The minimum absolute atomic E-state index is 0.00757. The van der Waals surface area contributed by atoms with Gasteiger partial charge in [-0.2, -0.15) is 0 Å². The zero-order valence-corrected chi connectivity index (χ0v) is 16.2. The summed E-state index contributed by atoms with van der Waals surface area (Å²) in [5.41, 5.74) is 5.70. The van der Waals surface area contributed by atoms with Crippen molar-refractivity contribution in [1.82, 2.24) is 4.90 Å². The number of hydrogen-bond donors (Lipinski definition) is 0. The van der Waals surface area contributed by atoms with Gasteiger partial charge in [-0.05, 0) is 17.7 Å². The molecule has 1 saturated heterocycles. The van der Waals surface area contributed by atoms with Crippen LogP contribution in [0.15, 0.2) is 103 Å². The molecule has 1 aliphatic heterocycles. The van der Waals surface area contributed by atoms with Crippen molar-refractivity contribution in [2.24, 2.45) is 0 Å². The predicted octanol–water partition coefficient (Wildman–Crippen LogP) is 5.21. The van der Waals surface area contributed by atoms with Gasteiger partial charge in [-0.25, -0.2) is 0 Å². The van der Waals surface area contributed by atoms with Crippen LogP contribution in [0.3, 0.4) is 0 Å². The van der Waals surface area contributed by atoms with Crippen molar-refractivity contribution in [3.8, 4) is 5.75 Å². The molecule has 0 N–H and O–H groups in total. The van der Waals surface area contributed by atoms with Crippen LogP contribution in [-0.2, 0) is 6.54 Å². The van der Waals surface area contributed by atoms with Crippen LogP contribution in [0.5, 0.6) is 5.75 Å². The minimum atomic E-state index is -0.197. The molecule has 3 nitrogen and oxygen atoms in total. The maximum atomic E-state index is 13.3. The van der Waals surface area contributed by atoms with Crippen molar-refractivity contribution in [2.75, 3.05) is 6.61 Å². The number of carbonyl (C=O) groups excluding carboxylic acids is 1. The summed E-state index contributed by atoms with van der Waals surface area (Å²) in [6.07, 6.45) is 1.75. The second-order valence-corrected chi connectivity index (χ2v) is 7.03. The lowest BCUT2D eigenvalue weighted by molar-refractivity contribution is 0.0973. The lowest BCUT2D eigenvalue weighted by Gasteiger charge is -2.10. The van der Waals surface area contributed by atoms with Gasteiger partial charge in [-0.3, -0.25) is 9.69 Å². The molecule has 1 unspecified atom stereocenters. The Labute approximate surface area is 171 Å². The molecule has 0 aliphatic carbocycles. The Morgan fingerprint density at radius 3 is 2.34 bits per heavy atom. The van der Waals surface area contributed by atoms with E-state index in [-0.39, 0.29) is 17.9 Å². The van der Waals surface area contributed by atoms with Gasteiger partial charge in [0.15, 0.2) is 5.78 Å². The maximum Gasteiger partial charge on any atom is 0.181 e. The lowest BCUT2D eigenvalue weighted by Crippen LogP contribution is -2.13. The van der Waals surface area contributed by atoms with Crippen molar-refractivity contribution in [2.45, 2.75) is 18.6 Å². The maximum absolute atomic E-state index is 13.3. The highest BCUT2D eigenvalue weighted by Crippen LogP contribution is 2.48. The Kier molecular flexibility index (Phi) is 5.71. The highest BCUT2D eigenvalue weighted by atomic mass is 16.5. The summed E-state index contributed by atoms with van der Waals surface area (Å²) in [7, 11) is 0. The first kappa shape index (κ1) is 18.9. The number of rotatable bonds is 8. The first-order valence-electron chi connectivity index (χ1n) is 9.74. The predicted molar refractivity (Wildman–Crippen MR) is 115 cm³/mol. The molecule has 0 spiro atoms. The molecular formula is C26H23NO2. The number of ketones is 1. The zero-order valence-electron chi connectivity index (χ0n) is 16.2. The van der Waals surface area contributed by atoms with Gasteiger partial charge in [0, 0.05) is 17.7 Å². The summed E-state index contributed by atoms with van der Waals surface area (Å²) in [4.78, 5) is 15.5.